The zero-order chi connectivity index (χ0) is 14.7. The van der Waals surface area contributed by atoms with Gasteiger partial charge in [0, 0.05) is 24.8 Å². The van der Waals surface area contributed by atoms with Crippen molar-refractivity contribution in [3.05, 3.63) is 29.6 Å². The minimum absolute atomic E-state index is 0.0375. The van der Waals surface area contributed by atoms with Crippen LogP contribution < -0.4 is 16.0 Å². The Labute approximate surface area is 123 Å². The van der Waals surface area contributed by atoms with Crippen LogP contribution in [-0.2, 0) is 4.79 Å². The van der Waals surface area contributed by atoms with Crippen LogP contribution in [0.2, 0.25) is 0 Å². The average Bonchev–Trinajstić information content (AvgIpc) is 2.46. The number of carbonyl (C=O) groups is 1. The minimum Gasteiger partial charge on any atom is -0.389 e. The fraction of sp³-hybridized carbons (Fsp3) is 0.429. The second-order valence-corrected chi connectivity index (χ2v) is 5.29. The van der Waals surface area contributed by atoms with Gasteiger partial charge in [-0.25, -0.2) is 4.39 Å². The number of piperidine rings is 1. The largest absolute Gasteiger partial charge is 0.389 e. The first kappa shape index (κ1) is 14.7. The van der Waals surface area contributed by atoms with Crippen LogP contribution >= 0.6 is 12.2 Å². The summed E-state index contributed by atoms with van der Waals surface area (Å²) in [7, 11) is 1.62. The number of amides is 1. The molecule has 1 aliphatic rings. The predicted molar refractivity (Wildman–Crippen MR) is 81.3 cm³/mol. The molecule has 0 spiro atoms. The van der Waals surface area contributed by atoms with Crippen LogP contribution in [0.1, 0.15) is 24.8 Å². The second kappa shape index (κ2) is 6.17. The van der Waals surface area contributed by atoms with Crippen molar-refractivity contribution in [3.8, 4) is 0 Å². The van der Waals surface area contributed by atoms with Gasteiger partial charge < -0.3 is 16.0 Å². The number of carbonyl (C=O) groups excluding carboxylic acids is 1. The molecule has 1 aliphatic heterocycles. The van der Waals surface area contributed by atoms with Gasteiger partial charge in [-0.3, -0.25) is 4.79 Å². The maximum absolute atomic E-state index is 14.0. The number of nitrogens with zero attached hydrogens (tertiary/aromatic N) is 1. The van der Waals surface area contributed by atoms with Crippen molar-refractivity contribution in [2.45, 2.75) is 25.3 Å². The quantitative estimate of drug-likeness (QED) is 0.831. The SMILES string of the molecule is CNC(=O)C1CCCCN1c1ccc(C(N)=S)c(F)c1. The highest BCUT2D eigenvalue weighted by Crippen LogP contribution is 2.26. The minimum atomic E-state index is -0.448. The molecule has 1 aromatic carbocycles. The molecule has 1 saturated heterocycles. The molecule has 108 valence electrons. The third-order valence-corrected chi connectivity index (χ3v) is 3.82. The number of hydrogen-bond acceptors (Lipinski definition) is 3. The standard InChI is InChI=1S/C14H18FN3OS/c1-17-14(19)12-4-2-3-7-18(12)9-5-6-10(13(16)20)11(15)8-9/h5-6,8,12H,2-4,7H2,1H3,(H2,16,20)(H,17,19). The summed E-state index contributed by atoms with van der Waals surface area (Å²) in [5.41, 5.74) is 6.38. The number of halogens is 1. The van der Waals surface area contributed by atoms with E-state index >= 15 is 0 Å². The summed E-state index contributed by atoms with van der Waals surface area (Å²) in [6, 6.07) is 4.49. The van der Waals surface area contributed by atoms with Crippen LogP contribution in [0.25, 0.3) is 0 Å². The molecule has 0 aliphatic carbocycles. The van der Waals surface area contributed by atoms with Crippen molar-refractivity contribution in [2.75, 3.05) is 18.5 Å². The average molecular weight is 295 g/mol. The summed E-state index contributed by atoms with van der Waals surface area (Å²) in [5.74, 6) is -0.486. The Hall–Kier alpha value is -1.69. The van der Waals surface area contributed by atoms with Gasteiger partial charge in [-0.05, 0) is 37.5 Å². The third kappa shape index (κ3) is 2.90. The normalized spacial score (nSPS) is 18.7. The van der Waals surface area contributed by atoms with Crippen molar-refractivity contribution in [1.82, 2.24) is 5.32 Å². The van der Waals surface area contributed by atoms with Crippen molar-refractivity contribution in [2.24, 2.45) is 5.73 Å². The number of benzene rings is 1. The van der Waals surface area contributed by atoms with Crippen molar-refractivity contribution >= 4 is 28.8 Å². The van der Waals surface area contributed by atoms with Gasteiger partial charge in [-0.2, -0.15) is 0 Å². The highest BCUT2D eigenvalue weighted by Gasteiger charge is 2.28. The van der Waals surface area contributed by atoms with Gasteiger partial charge in [0.05, 0.1) is 0 Å². The lowest BCUT2D eigenvalue weighted by Crippen LogP contribution is -2.48. The molecule has 0 saturated carbocycles. The summed E-state index contributed by atoms with van der Waals surface area (Å²) in [4.78, 5) is 13.9. The molecule has 1 aromatic rings. The fourth-order valence-electron chi connectivity index (χ4n) is 2.56. The summed E-state index contributed by atoms with van der Waals surface area (Å²) in [6.07, 6.45) is 2.77. The van der Waals surface area contributed by atoms with Crippen molar-refractivity contribution < 1.29 is 9.18 Å². The topological polar surface area (TPSA) is 58.4 Å². The molecule has 0 radical (unpaired) electrons. The lowest BCUT2D eigenvalue weighted by Gasteiger charge is -2.36. The number of thiocarbonyl (C=S) groups is 1. The monoisotopic (exact) mass is 295 g/mol. The van der Waals surface area contributed by atoms with E-state index in [0.29, 0.717) is 5.69 Å². The van der Waals surface area contributed by atoms with E-state index < -0.39 is 5.82 Å². The van der Waals surface area contributed by atoms with Crippen LogP contribution in [0.5, 0.6) is 0 Å². The molecule has 0 aromatic heterocycles. The Balaban J connectivity index is 2.31. The maximum atomic E-state index is 14.0. The van der Waals surface area contributed by atoms with Gasteiger partial charge in [0.25, 0.3) is 0 Å². The van der Waals surface area contributed by atoms with Crippen LogP contribution in [0.4, 0.5) is 10.1 Å². The molecule has 0 bridgehead atoms. The van der Waals surface area contributed by atoms with Crippen LogP contribution in [0, 0.1) is 5.82 Å². The number of nitrogens with one attached hydrogen (secondary N) is 1. The number of hydrogen-bond donors (Lipinski definition) is 2. The lowest BCUT2D eigenvalue weighted by atomic mass is 10.00. The van der Waals surface area contributed by atoms with E-state index in [9.17, 15) is 9.18 Å². The highest BCUT2D eigenvalue weighted by molar-refractivity contribution is 7.80. The zero-order valence-corrected chi connectivity index (χ0v) is 12.2. The first-order valence-electron chi connectivity index (χ1n) is 6.62. The number of rotatable bonds is 3. The Morgan fingerprint density at radius 1 is 1.50 bits per heavy atom. The maximum Gasteiger partial charge on any atom is 0.242 e. The fourth-order valence-corrected chi connectivity index (χ4v) is 2.73. The summed E-state index contributed by atoms with van der Waals surface area (Å²) < 4.78 is 14.0. The van der Waals surface area contributed by atoms with Gasteiger partial charge in [0.2, 0.25) is 5.91 Å². The molecule has 1 heterocycles. The smallest absolute Gasteiger partial charge is 0.242 e. The van der Waals surface area contributed by atoms with Crippen molar-refractivity contribution in [3.63, 3.8) is 0 Å². The van der Waals surface area contributed by atoms with Gasteiger partial charge in [0.1, 0.15) is 16.8 Å². The van der Waals surface area contributed by atoms with Gasteiger partial charge in [0.15, 0.2) is 0 Å². The third-order valence-electron chi connectivity index (χ3n) is 3.60. The summed E-state index contributed by atoms with van der Waals surface area (Å²) >= 11 is 4.79. The molecule has 20 heavy (non-hydrogen) atoms. The highest BCUT2D eigenvalue weighted by atomic mass is 32.1. The Bertz CT molecular complexity index is 535. The second-order valence-electron chi connectivity index (χ2n) is 4.85. The molecule has 1 atom stereocenters. The van der Waals surface area contributed by atoms with Crippen LogP contribution in [0.15, 0.2) is 18.2 Å². The Kier molecular flexibility index (Phi) is 4.54. The molecule has 1 fully saturated rings. The molecule has 4 nitrogen and oxygen atoms in total. The van der Waals surface area contributed by atoms with E-state index in [0.717, 1.165) is 25.8 Å². The molecule has 3 N–H and O–H groups in total. The van der Waals surface area contributed by atoms with Gasteiger partial charge in [-0.1, -0.05) is 12.2 Å². The van der Waals surface area contributed by atoms with Crippen LogP contribution in [-0.4, -0.2) is 30.5 Å². The Morgan fingerprint density at radius 2 is 2.25 bits per heavy atom. The summed E-state index contributed by atoms with van der Waals surface area (Å²) in [5, 5.41) is 2.66. The van der Waals surface area contributed by atoms with E-state index in [4.69, 9.17) is 18.0 Å². The predicted octanol–water partition coefficient (Wildman–Crippen LogP) is 1.56. The van der Waals surface area contributed by atoms with E-state index in [2.05, 4.69) is 5.32 Å². The molecule has 6 heteroatoms. The van der Waals surface area contributed by atoms with Gasteiger partial charge in [-0.15, -0.1) is 0 Å². The van der Waals surface area contributed by atoms with E-state index in [1.54, 1.807) is 19.2 Å². The van der Waals surface area contributed by atoms with Crippen LogP contribution in [0.3, 0.4) is 0 Å². The molecule has 1 unspecified atom stereocenters. The van der Waals surface area contributed by atoms with Crippen molar-refractivity contribution in [1.29, 1.82) is 0 Å². The van der Waals surface area contributed by atoms with Gasteiger partial charge >= 0.3 is 0 Å². The van der Waals surface area contributed by atoms with E-state index in [-0.39, 0.29) is 22.5 Å². The molecular weight excluding hydrogens is 277 g/mol. The number of likely N-dealkylation sites (N-methyl/N-ethyl adjacent to an activating group) is 1. The summed E-state index contributed by atoms with van der Waals surface area (Å²) in [6.45, 7) is 0.740. The van der Waals surface area contributed by atoms with E-state index in [1.165, 1.54) is 6.07 Å². The van der Waals surface area contributed by atoms with E-state index in [1.807, 2.05) is 4.90 Å². The number of nitrogens with two attached hydrogens (primary N) is 1. The first-order valence-corrected chi connectivity index (χ1v) is 7.03. The Morgan fingerprint density at radius 3 is 2.85 bits per heavy atom. The molecular formula is C14H18FN3OS. The molecule has 1 amide bonds. The molecule has 2 rings (SSSR count). The number of anilines is 1. The first-order chi connectivity index (χ1) is 9.54. The lowest BCUT2D eigenvalue weighted by molar-refractivity contribution is -0.122. The zero-order valence-electron chi connectivity index (χ0n) is 11.4.